The Morgan fingerprint density at radius 3 is 3.00 bits per heavy atom. The van der Waals surface area contributed by atoms with E-state index in [9.17, 15) is 9.90 Å². The lowest BCUT2D eigenvalue weighted by Crippen LogP contribution is -2.29. The molecule has 1 saturated heterocycles. The maximum Gasteiger partial charge on any atom is 0.222 e. The summed E-state index contributed by atoms with van der Waals surface area (Å²) >= 11 is 1.63. The topological polar surface area (TPSA) is 71.2 Å². The molecule has 1 fully saturated rings. The van der Waals surface area contributed by atoms with Gasteiger partial charge in [0, 0.05) is 62.8 Å². The molecule has 3 heterocycles. The zero-order valence-corrected chi connectivity index (χ0v) is 14.1. The number of aromatic nitrogens is 3. The van der Waals surface area contributed by atoms with Crippen LogP contribution in [0.4, 0.5) is 0 Å². The monoisotopic (exact) mass is 334 g/mol. The third-order valence-electron chi connectivity index (χ3n) is 4.45. The first-order valence-electron chi connectivity index (χ1n) is 7.93. The molecule has 6 nitrogen and oxygen atoms in total. The first kappa shape index (κ1) is 16.1. The average molecular weight is 334 g/mol. The van der Waals surface area contributed by atoms with E-state index < -0.39 is 0 Å². The molecule has 2 aromatic rings. The second-order valence-electron chi connectivity index (χ2n) is 6.07. The lowest BCUT2D eigenvalue weighted by molar-refractivity contribution is -0.130. The van der Waals surface area contributed by atoms with Crippen LogP contribution in [0.5, 0.6) is 0 Å². The van der Waals surface area contributed by atoms with Gasteiger partial charge < -0.3 is 10.0 Å². The first-order chi connectivity index (χ1) is 11.2. The van der Waals surface area contributed by atoms with Crippen LogP contribution in [0.15, 0.2) is 24.0 Å². The molecular weight excluding hydrogens is 312 g/mol. The number of amides is 1. The van der Waals surface area contributed by atoms with Gasteiger partial charge in [-0.05, 0) is 18.4 Å². The van der Waals surface area contributed by atoms with Crippen molar-refractivity contribution in [3.8, 4) is 0 Å². The van der Waals surface area contributed by atoms with Gasteiger partial charge in [-0.1, -0.05) is 0 Å². The number of nitrogens with zero attached hydrogens (tertiary/aromatic N) is 4. The molecule has 0 radical (unpaired) electrons. The number of carbonyl (C=O) groups is 1. The Morgan fingerprint density at radius 2 is 2.35 bits per heavy atom. The number of likely N-dealkylation sites (tertiary alicyclic amines) is 1. The zero-order chi connectivity index (χ0) is 16.2. The summed E-state index contributed by atoms with van der Waals surface area (Å²) in [5.74, 6) is 0.449. The van der Waals surface area contributed by atoms with Crippen molar-refractivity contribution in [2.45, 2.75) is 25.2 Å². The molecule has 0 saturated carbocycles. The first-order valence-corrected chi connectivity index (χ1v) is 8.81. The van der Waals surface area contributed by atoms with E-state index in [0.29, 0.717) is 19.5 Å². The second-order valence-corrected chi connectivity index (χ2v) is 7.05. The van der Waals surface area contributed by atoms with Crippen molar-refractivity contribution in [2.75, 3.05) is 19.7 Å². The fraction of sp³-hybridized carbons (Fsp3) is 0.562. The van der Waals surface area contributed by atoms with E-state index in [0.717, 1.165) is 23.4 Å². The summed E-state index contributed by atoms with van der Waals surface area (Å²) in [5, 5.41) is 16.9. The van der Waals surface area contributed by atoms with E-state index >= 15 is 0 Å². The van der Waals surface area contributed by atoms with Crippen molar-refractivity contribution in [3.63, 3.8) is 0 Å². The largest absolute Gasteiger partial charge is 0.396 e. The SMILES string of the molecule is Cn1cc([C@@H]2CN(C(=O)CCCc3nccs3)C[C@H]2CO)cn1. The van der Waals surface area contributed by atoms with Gasteiger partial charge in [-0.15, -0.1) is 11.3 Å². The number of rotatable bonds is 6. The molecule has 1 aliphatic rings. The minimum atomic E-state index is 0.0992. The average Bonchev–Trinajstić information content (AvgIpc) is 3.26. The highest BCUT2D eigenvalue weighted by Gasteiger charge is 2.36. The van der Waals surface area contributed by atoms with Crippen molar-refractivity contribution in [2.24, 2.45) is 13.0 Å². The van der Waals surface area contributed by atoms with Crippen LogP contribution in [-0.2, 0) is 18.3 Å². The Morgan fingerprint density at radius 1 is 1.48 bits per heavy atom. The van der Waals surface area contributed by atoms with Crippen LogP contribution in [0.25, 0.3) is 0 Å². The molecule has 7 heteroatoms. The minimum absolute atomic E-state index is 0.0992. The van der Waals surface area contributed by atoms with E-state index in [2.05, 4.69) is 10.1 Å². The zero-order valence-electron chi connectivity index (χ0n) is 13.3. The lowest BCUT2D eigenvalue weighted by Gasteiger charge is -2.16. The van der Waals surface area contributed by atoms with E-state index in [-0.39, 0.29) is 24.3 Å². The summed E-state index contributed by atoms with van der Waals surface area (Å²) in [6, 6.07) is 0. The summed E-state index contributed by atoms with van der Waals surface area (Å²) in [6.07, 6.45) is 7.83. The van der Waals surface area contributed by atoms with E-state index in [1.807, 2.05) is 29.7 Å². The van der Waals surface area contributed by atoms with E-state index in [4.69, 9.17) is 0 Å². The summed E-state index contributed by atoms with van der Waals surface area (Å²) in [7, 11) is 1.88. The van der Waals surface area contributed by atoms with Gasteiger partial charge in [-0.3, -0.25) is 9.48 Å². The van der Waals surface area contributed by atoms with Crippen LogP contribution in [-0.4, -0.2) is 50.4 Å². The predicted molar refractivity (Wildman–Crippen MR) is 88.2 cm³/mol. The molecule has 124 valence electrons. The maximum absolute atomic E-state index is 12.4. The third kappa shape index (κ3) is 3.79. The molecule has 0 aromatic carbocycles. The third-order valence-corrected chi connectivity index (χ3v) is 5.29. The molecule has 0 aliphatic carbocycles. The van der Waals surface area contributed by atoms with E-state index in [1.165, 1.54) is 0 Å². The molecule has 2 atom stereocenters. The van der Waals surface area contributed by atoms with Crippen molar-refractivity contribution >= 4 is 17.2 Å². The van der Waals surface area contributed by atoms with Gasteiger partial charge >= 0.3 is 0 Å². The lowest BCUT2D eigenvalue weighted by atomic mass is 9.92. The smallest absolute Gasteiger partial charge is 0.222 e. The van der Waals surface area contributed by atoms with Crippen LogP contribution >= 0.6 is 11.3 Å². The number of hydrogen-bond acceptors (Lipinski definition) is 5. The highest BCUT2D eigenvalue weighted by atomic mass is 32.1. The van der Waals surface area contributed by atoms with Gasteiger partial charge in [-0.25, -0.2) is 4.98 Å². The Hall–Kier alpha value is -1.73. The number of thiazole rings is 1. The van der Waals surface area contributed by atoms with Crippen molar-refractivity contribution in [3.05, 3.63) is 34.5 Å². The molecule has 0 bridgehead atoms. The predicted octanol–water partition coefficient (Wildman–Crippen LogP) is 1.43. The highest BCUT2D eigenvalue weighted by molar-refractivity contribution is 7.09. The number of aliphatic hydroxyl groups excluding tert-OH is 1. The van der Waals surface area contributed by atoms with Gasteiger partial charge in [0.15, 0.2) is 0 Å². The molecule has 1 aliphatic heterocycles. The molecule has 1 amide bonds. The van der Waals surface area contributed by atoms with Crippen molar-refractivity contribution in [1.82, 2.24) is 19.7 Å². The van der Waals surface area contributed by atoms with Crippen LogP contribution in [0.3, 0.4) is 0 Å². The minimum Gasteiger partial charge on any atom is -0.396 e. The number of aryl methyl sites for hydroxylation is 2. The molecule has 2 aromatic heterocycles. The standard InChI is InChI=1S/C16H22N4O2S/c1-19-8-12(7-18-19)14-10-20(9-13(14)11-21)16(22)4-2-3-15-17-5-6-23-15/h5-8,13-14,21H,2-4,9-11H2,1H3/t13-,14-/m0/s1. The Balaban J connectivity index is 1.54. The van der Waals surface area contributed by atoms with Gasteiger partial charge in [-0.2, -0.15) is 5.10 Å². The summed E-state index contributed by atoms with van der Waals surface area (Å²) in [5.41, 5.74) is 1.10. The number of hydrogen-bond donors (Lipinski definition) is 1. The number of carbonyl (C=O) groups excluding carboxylic acids is 1. The van der Waals surface area contributed by atoms with Gasteiger partial charge in [0.1, 0.15) is 0 Å². The van der Waals surface area contributed by atoms with Crippen LogP contribution in [0.1, 0.15) is 29.3 Å². The summed E-state index contributed by atoms with van der Waals surface area (Å²) < 4.78 is 1.77. The Kier molecular flexibility index (Phi) is 5.07. The normalized spacial score (nSPS) is 21.0. The van der Waals surface area contributed by atoms with Crippen LogP contribution in [0, 0.1) is 5.92 Å². The van der Waals surface area contributed by atoms with Crippen LogP contribution in [0.2, 0.25) is 0 Å². The summed E-state index contributed by atoms with van der Waals surface area (Å²) in [6.45, 7) is 1.40. The number of aliphatic hydroxyl groups is 1. The Bertz CT molecular complexity index is 640. The van der Waals surface area contributed by atoms with Crippen molar-refractivity contribution in [1.29, 1.82) is 0 Å². The van der Waals surface area contributed by atoms with Crippen LogP contribution < -0.4 is 0 Å². The molecule has 0 unspecified atom stereocenters. The van der Waals surface area contributed by atoms with Crippen molar-refractivity contribution < 1.29 is 9.90 Å². The molecule has 23 heavy (non-hydrogen) atoms. The highest BCUT2D eigenvalue weighted by Crippen LogP contribution is 2.32. The molecule has 0 spiro atoms. The van der Waals surface area contributed by atoms with Gasteiger partial charge in [0.25, 0.3) is 0 Å². The Labute approximate surface area is 139 Å². The molecule has 3 rings (SSSR count). The summed E-state index contributed by atoms with van der Waals surface area (Å²) in [4.78, 5) is 18.6. The van der Waals surface area contributed by atoms with E-state index in [1.54, 1.807) is 22.2 Å². The fourth-order valence-electron chi connectivity index (χ4n) is 3.19. The quantitative estimate of drug-likeness (QED) is 0.867. The maximum atomic E-state index is 12.4. The fourth-order valence-corrected chi connectivity index (χ4v) is 3.86. The van der Waals surface area contributed by atoms with Gasteiger partial charge in [0.2, 0.25) is 5.91 Å². The second kappa shape index (κ2) is 7.23. The van der Waals surface area contributed by atoms with Gasteiger partial charge in [0.05, 0.1) is 11.2 Å². The molecular formula is C16H22N4O2S. The molecule has 1 N–H and O–H groups in total.